The molecule has 2 aromatic rings. The normalized spacial score (nSPS) is 16.8. The van der Waals surface area contributed by atoms with Crippen LogP contribution in [0.1, 0.15) is 78.6 Å². The lowest BCUT2D eigenvalue weighted by molar-refractivity contribution is -0.256. The van der Waals surface area contributed by atoms with Gasteiger partial charge in [0, 0.05) is 71.3 Å². The number of hydrogen-bond acceptors (Lipinski definition) is 6. The first-order chi connectivity index (χ1) is 20.9. The van der Waals surface area contributed by atoms with Crippen molar-refractivity contribution >= 4 is 22.6 Å². The summed E-state index contributed by atoms with van der Waals surface area (Å²) in [5.74, 6) is 0.417. The van der Waals surface area contributed by atoms with Crippen molar-refractivity contribution < 1.29 is 19.2 Å². The fourth-order valence-corrected chi connectivity index (χ4v) is 7.08. The number of piperidine rings is 1. The summed E-state index contributed by atoms with van der Waals surface area (Å²) < 4.78 is 15.2. The zero-order chi connectivity index (χ0) is 31.8. The van der Waals surface area contributed by atoms with Gasteiger partial charge in [0.15, 0.2) is 0 Å². The number of fused-ring (bicyclic) bond motifs is 2. The number of ether oxygens (including phenoxy) is 1. The molecule has 1 saturated heterocycles. The summed E-state index contributed by atoms with van der Waals surface area (Å²) in [6, 6.07) is 20.4. The first-order valence-electron chi connectivity index (χ1n) is 16.1. The van der Waals surface area contributed by atoms with Gasteiger partial charge in [0.25, 0.3) is 0 Å². The number of hydrogen-bond donors (Lipinski definition) is 1. The number of nitrogens with zero attached hydrogens (tertiary/aromatic N) is 3. The summed E-state index contributed by atoms with van der Waals surface area (Å²) in [4.78, 5) is 16.3. The van der Waals surface area contributed by atoms with Crippen molar-refractivity contribution in [2.24, 2.45) is 0 Å². The zero-order valence-electron chi connectivity index (χ0n) is 27.6. The molecular formula is C37H48N3O4+. The van der Waals surface area contributed by atoms with Crippen molar-refractivity contribution in [3.8, 4) is 22.5 Å². The predicted octanol–water partition coefficient (Wildman–Crippen LogP) is 7.43. The molecule has 5 rings (SSSR count). The molecule has 2 aliphatic heterocycles. The minimum atomic E-state index is -0.523. The Morgan fingerprint density at radius 1 is 0.932 bits per heavy atom. The highest BCUT2D eigenvalue weighted by Gasteiger charge is 2.46. The Labute approximate surface area is 261 Å². The van der Waals surface area contributed by atoms with Crippen molar-refractivity contribution in [2.75, 3.05) is 31.1 Å². The molecule has 0 saturated carbocycles. The van der Waals surface area contributed by atoms with Gasteiger partial charge >= 0.3 is 5.97 Å². The maximum Gasteiger partial charge on any atom is 0.339 e. The minimum absolute atomic E-state index is 0.323. The molecule has 0 bridgehead atoms. The lowest BCUT2D eigenvalue weighted by Crippen LogP contribution is -2.60. The van der Waals surface area contributed by atoms with Crippen LogP contribution < -0.4 is 14.8 Å². The van der Waals surface area contributed by atoms with Crippen LogP contribution in [0.2, 0.25) is 0 Å². The van der Waals surface area contributed by atoms with E-state index in [1.807, 2.05) is 52.0 Å². The van der Waals surface area contributed by atoms with Gasteiger partial charge < -0.3 is 19.3 Å². The number of rotatable bonds is 8. The Morgan fingerprint density at radius 2 is 1.59 bits per heavy atom. The van der Waals surface area contributed by atoms with Crippen LogP contribution in [0, 0.1) is 0 Å². The zero-order valence-corrected chi connectivity index (χ0v) is 27.6. The number of hydroxylamine groups is 2. The highest BCUT2D eigenvalue weighted by Crippen LogP contribution is 2.43. The molecule has 3 aliphatic rings. The Morgan fingerprint density at radius 3 is 2.23 bits per heavy atom. The van der Waals surface area contributed by atoms with Crippen LogP contribution in [-0.4, -0.2) is 59.6 Å². The van der Waals surface area contributed by atoms with Gasteiger partial charge in [0.05, 0.1) is 11.6 Å². The van der Waals surface area contributed by atoms with Crippen molar-refractivity contribution in [3.05, 3.63) is 71.6 Å². The molecule has 2 heterocycles. The van der Waals surface area contributed by atoms with Gasteiger partial charge in [-0.25, -0.2) is 9.37 Å². The predicted molar refractivity (Wildman–Crippen MR) is 178 cm³/mol. The molecule has 1 fully saturated rings. The maximum absolute atomic E-state index is 14.0. The Bertz CT molecular complexity index is 1670. The van der Waals surface area contributed by atoms with E-state index in [2.05, 4.69) is 73.6 Å². The summed E-state index contributed by atoms with van der Waals surface area (Å²) in [6.45, 7) is 20.1. The molecule has 1 aliphatic carbocycles. The summed E-state index contributed by atoms with van der Waals surface area (Å²) in [5, 5.41) is 14.2. The number of anilines is 1. The Balaban J connectivity index is 1.69. The SMILES string of the molecule is CCN(CC)c1ccc2c(-c3ccccc3C(=O)OC3CC(C)(C)N(O)C(C)(C)C3)c3ccc(=[N+](CC)CC)cc-3oc2c1. The molecule has 7 heteroatoms. The lowest BCUT2D eigenvalue weighted by Gasteiger charge is -2.50. The summed E-state index contributed by atoms with van der Waals surface area (Å²) in [5.41, 5.74) is 4.06. The maximum atomic E-state index is 14.0. The van der Waals surface area contributed by atoms with Crippen LogP contribution in [0.5, 0.6) is 0 Å². The number of carbonyl (C=O) groups is 1. The molecule has 0 radical (unpaired) electrons. The molecule has 0 atom stereocenters. The molecule has 2 aromatic carbocycles. The molecule has 0 unspecified atom stereocenters. The Hall–Kier alpha value is -3.68. The highest BCUT2D eigenvalue weighted by atomic mass is 16.5. The van der Waals surface area contributed by atoms with Crippen LogP contribution in [0.4, 0.5) is 5.69 Å². The molecule has 234 valence electrons. The number of carbonyl (C=O) groups excluding carboxylic acids is 1. The quantitative estimate of drug-likeness (QED) is 0.129. The largest absolute Gasteiger partial charge is 0.459 e. The summed E-state index contributed by atoms with van der Waals surface area (Å²) >= 11 is 0. The van der Waals surface area contributed by atoms with E-state index in [0.717, 1.165) is 70.6 Å². The van der Waals surface area contributed by atoms with Gasteiger partial charge in [-0.15, -0.1) is 0 Å². The molecule has 44 heavy (non-hydrogen) atoms. The third kappa shape index (κ3) is 5.87. The van der Waals surface area contributed by atoms with Gasteiger partial charge in [-0.1, -0.05) is 18.2 Å². The van der Waals surface area contributed by atoms with E-state index in [9.17, 15) is 10.0 Å². The van der Waals surface area contributed by atoms with E-state index < -0.39 is 11.1 Å². The third-order valence-electron chi connectivity index (χ3n) is 9.24. The fraction of sp³-hybridized carbons (Fsp3) is 0.459. The smallest absolute Gasteiger partial charge is 0.339 e. The van der Waals surface area contributed by atoms with E-state index in [0.29, 0.717) is 18.4 Å². The van der Waals surface area contributed by atoms with Gasteiger partial charge in [-0.2, -0.15) is 5.06 Å². The Kier molecular flexibility index (Phi) is 8.92. The molecule has 0 amide bonds. The van der Waals surface area contributed by atoms with Crippen LogP contribution in [0.25, 0.3) is 33.4 Å². The monoisotopic (exact) mass is 598 g/mol. The first kappa shape index (κ1) is 31.7. The second kappa shape index (κ2) is 12.4. The summed E-state index contributed by atoms with van der Waals surface area (Å²) in [6.07, 6.45) is 0.759. The van der Waals surface area contributed by atoms with E-state index in [1.165, 1.54) is 5.06 Å². The van der Waals surface area contributed by atoms with Crippen molar-refractivity contribution in [1.29, 1.82) is 0 Å². The molecule has 0 aromatic heterocycles. The van der Waals surface area contributed by atoms with Crippen molar-refractivity contribution in [1.82, 2.24) is 9.64 Å². The van der Waals surface area contributed by atoms with Gasteiger partial charge in [-0.05, 0) is 85.2 Å². The molecule has 1 N–H and O–H groups in total. The topological polar surface area (TPSA) is 69.2 Å². The van der Waals surface area contributed by atoms with E-state index in [1.54, 1.807) is 0 Å². The average molecular weight is 599 g/mol. The molecule has 0 spiro atoms. The lowest BCUT2D eigenvalue weighted by atomic mass is 9.80. The summed E-state index contributed by atoms with van der Waals surface area (Å²) in [7, 11) is 0. The van der Waals surface area contributed by atoms with Crippen molar-refractivity contribution in [2.45, 2.75) is 85.4 Å². The third-order valence-corrected chi connectivity index (χ3v) is 9.24. The van der Waals surface area contributed by atoms with E-state index in [-0.39, 0.29) is 12.1 Å². The van der Waals surface area contributed by atoms with Gasteiger partial charge in [0.1, 0.15) is 30.5 Å². The van der Waals surface area contributed by atoms with Gasteiger partial charge in [-0.3, -0.25) is 0 Å². The van der Waals surface area contributed by atoms with Crippen LogP contribution in [0.3, 0.4) is 0 Å². The second-order valence-corrected chi connectivity index (χ2v) is 13.1. The standard InChI is InChI=1S/C37H48N3O4/c1-9-38(10-2)25-17-19-30-32(21-25)44-33-22-26(39(11-3)12-4)18-20-31(33)34(30)28-15-13-14-16-29(28)35(41)43-27-23-36(5,6)40(42)37(7,8)24-27/h13-22,27,42H,9-12,23-24H2,1-8H3/q+1. The van der Waals surface area contributed by atoms with Gasteiger partial charge in [0.2, 0.25) is 5.36 Å². The van der Waals surface area contributed by atoms with E-state index >= 15 is 0 Å². The average Bonchev–Trinajstić information content (AvgIpc) is 2.99. The molecule has 7 nitrogen and oxygen atoms in total. The minimum Gasteiger partial charge on any atom is -0.459 e. The number of benzene rings is 3. The van der Waals surface area contributed by atoms with Crippen LogP contribution in [0.15, 0.2) is 65.1 Å². The number of esters is 1. The second-order valence-electron chi connectivity index (χ2n) is 13.1. The van der Waals surface area contributed by atoms with E-state index in [4.69, 9.17) is 9.15 Å². The highest BCUT2D eigenvalue weighted by molar-refractivity contribution is 6.08. The molecular weight excluding hydrogens is 550 g/mol. The van der Waals surface area contributed by atoms with Crippen LogP contribution >= 0.6 is 0 Å². The fourth-order valence-electron chi connectivity index (χ4n) is 7.08. The van der Waals surface area contributed by atoms with Crippen LogP contribution in [-0.2, 0) is 4.74 Å². The van der Waals surface area contributed by atoms with Crippen molar-refractivity contribution in [3.63, 3.8) is 0 Å². The first-order valence-corrected chi connectivity index (χ1v) is 16.1.